The number of halogens is 1. The molecule has 2 aromatic rings. The van der Waals surface area contributed by atoms with Gasteiger partial charge in [-0.3, -0.25) is 4.79 Å². The fourth-order valence-corrected chi connectivity index (χ4v) is 3.64. The van der Waals surface area contributed by atoms with Crippen LogP contribution in [0.15, 0.2) is 41.4 Å². The molecule has 10 heteroatoms. The standard InChI is InChI=1S/C17H19N3O5S.ClH/c18-16-5-2-12(11-19-16)20-17(21)6-9-26(22,23)13-3-4-14-15(10-13)25-8-1-7-24-14;/h2-5,10-11H,1,6-9H2,(H2,18,19)(H,20,21);1H. The number of carbonyl (C=O) groups excluding carboxylic acids is 1. The molecule has 0 bridgehead atoms. The number of carbonyl (C=O) groups is 1. The Morgan fingerprint density at radius 2 is 1.89 bits per heavy atom. The van der Waals surface area contributed by atoms with Crippen LogP contribution in [0.4, 0.5) is 11.5 Å². The Hall–Kier alpha value is -2.52. The first kappa shape index (κ1) is 20.8. The van der Waals surface area contributed by atoms with Gasteiger partial charge in [0.1, 0.15) is 5.82 Å². The van der Waals surface area contributed by atoms with Gasteiger partial charge in [-0.25, -0.2) is 13.4 Å². The number of ether oxygens (including phenoxy) is 2. The zero-order valence-corrected chi connectivity index (χ0v) is 16.0. The second-order valence-corrected chi connectivity index (χ2v) is 7.86. The lowest BCUT2D eigenvalue weighted by Gasteiger charge is -2.10. The van der Waals surface area contributed by atoms with Gasteiger partial charge in [-0.1, -0.05) is 0 Å². The van der Waals surface area contributed by atoms with Crippen molar-refractivity contribution in [1.29, 1.82) is 0 Å². The maximum Gasteiger partial charge on any atom is 0.225 e. The summed E-state index contributed by atoms with van der Waals surface area (Å²) in [5.41, 5.74) is 5.93. The van der Waals surface area contributed by atoms with E-state index in [1.807, 2.05) is 0 Å². The summed E-state index contributed by atoms with van der Waals surface area (Å²) in [5, 5.41) is 2.59. The molecule has 0 saturated heterocycles. The number of aromatic nitrogens is 1. The predicted octanol–water partition coefficient (Wildman–Crippen LogP) is 2.05. The van der Waals surface area contributed by atoms with Crippen LogP contribution < -0.4 is 20.5 Å². The molecule has 27 heavy (non-hydrogen) atoms. The second kappa shape index (κ2) is 8.92. The number of nitrogens with two attached hydrogens (primary N) is 1. The Balaban J connectivity index is 0.00000261. The summed E-state index contributed by atoms with van der Waals surface area (Å²) >= 11 is 0. The van der Waals surface area contributed by atoms with Crippen molar-refractivity contribution in [3.63, 3.8) is 0 Å². The van der Waals surface area contributed by atoms with E-state index in [1.54, 1.807) is 18.2 Å². The third-order valence-electron chi connectivity index (χ3n) is 3.75. The highest BCUT2D eigenvalue weighted by atomic mass is 35.5. The summed E-state index contributed by atoms with van der Waals surface area (Å²) in [6, 6.07) is 7.62. The Morgan fingerprint density at radius 3 is 2.59 bits per heavy atom. The molecule has 1 aliphatic heterocycles. The van der Waals surface area contributed by atoms with E-state index in [1.165, 1.54) is 18.3 Å². The molecular formula is C17H20ClN3O5S. The van der Waals surface area contributed by atoms with Gasteiger partial charge in [-0.05, 0) is 24.3 Å². The number of hydrogen-bond donors (Lipinski definition) is 2. The van der Waals surface area contributed by atoms with Gasteiger partial charge >= 0.3 is 0 Å². The van der Waals surface area contributed by atoms with Gasteiger partial charge in [0.2, 0.25) is 5.91 Å². The van der Waals surface area contributed by atoms with E-state index in [-0.39, 0.29) is 29.5 Å². The zero-order valence-electron chi connectivity index (χ0n) is 14.4. The van der Waals surface area contributed by atoms with Crippen molar-refractivity contribution in [2.75, 3.05) is 30.0 Å². The molecule has 0 atom stereocenters. The lowest BCUT2D eigenvalue weighted by molar-refractivity contribution is -0.115. The van der Waals surface area contributed by atoms with E-state index < -0.39 is 15.7 Å². The van der Waals surface area contributed by atoms with E-state index in [9.17, 15) is 13.2 Å². The monoisotopic (exact) mass is 413 g/mol. The summed E-state index contributed by atoms with van der Waals surface area (Å²) in [4.78, 5) is 15.9. The highest BCUT2D eigenvalue weighted by Crippen LogP contribution is 2.32. The molecule has 1 amide bonds. The minimum atomic E-state index is -3.63. The van der Waals surface area contributed by atoms with Crippen LogP contribution in [0.1, 0.15) is 12.8 Å². The van der Waals surface area contributed by atoms with Crippen LogP contribution in [0.2, 0.25) is 0 Å². The Morgan fingerprint density at radius 1 is 1.15 bits per heavy atom. The average Bonchev–Trinajstić information content (AvgIpc) is 2.87. The summed E-state index contributed by atoms with van der Waals surface area (Å²) < 4.78 is 36.0. The molecule has 1 aromatic heterocycles. The number of nitrogens with one attached hydrogen (secondary N) is 1. The van der Waals surface area contributed by atoms with Gasteiger partial charge in [0.25, 0.3) is 0 Å². The molecule has 1 aromatic carbocycles. The van der Waals surface area contributed by atoms with Crippen molar-refractivity contribution in [3.8, 4) is 11.5 Å². The van der Waals surface area contributed by atoms with Gasteiger partial charge in [0.05, 0.1) is 35.7 Å². The van der Waals surface area contributed by atoms with E-state index in [0.717, 1.165) is 6.42 Å². The van der Waals surface area contributed by atoms with Crippen molar-refractivity contribution >= 4 is 39.7 Å². The van der Waals surface area contributed by atoms with Gasteiger partial charge in [0, 0.05) is 18.9 Å². The number of hydrogen-bond acceptors (Lipinski definition) is 7. The number of benzene rings is 1. The molecule has 0 saturated carbocycles. The molecule has 3 rings (SSSR count). The number of anilines is 2. The van der Waals surface area contributed by atoms with Crippen molar-refractivity contribution in [1.82, 2.24) is 4.98 Å². The summed E-state index contributed by atoms with van der Waals surface area (Å²) in [7, 11) is -3.63. The minimum absolute atomic E-state index is 0. The van der Waals surface area contributed by atoms with E-state index in [4.69, 9.17) is 15.2 Å². The Labute approximate surface area is 163 Å². The number of amides is 1. The van der Waals surface area contributed by atoms with Gasteiger partial charge in [0.15, 0.2) is 21.3 Å². The third-order valence-corrected chi connectivity index (χ3v) is 5.46. The van der Waals surface area contributed by atoms with E-state index in [2.05, 4.69) is 10.3 Å². The van der Waals surface area contributed by atoms with Crippen LogP contribution >= 0.6 is 12.4 Å². The first-order chi connectivity index (χ1) is 12.4. The highest BCUT2D eigenvalue weighted by Gasteiger charge is 2.20. The normalized spacial score (nSPS) is 13.2. The molecule has 3 N–H and O–H groups in total. The first-order valence-electron chi connectivity index (χ1n) is 8.08. The highest BCUT2D eigenvalue weighted by molar-refractivity contribution is 7.91. The van der Waals surface area contributed by atoms with Crippen molar-refractivity contribution in [3.05, 3.63) is 36.5 Å². The fraction of sp³-hybridized carbons (Fsp3) is 0.294. The largest absolute Gasteiger partial charge is 0.490 e. The maximum absolute atomic E-state index is 12.5. The van der Waals surface area contributed by atoms with Crippen LogP contribution in [0.5, 0.6) is 11.5 Å². The molecule has 0 fully saturated rings. The Kier molecular flexibility index (Phi) is 6.86. The number of fused-ring (bicyclic) bond motifs is 1. The molecule has 146 valence electrons. The average molecular weight is 414 g/mol. The predicted molar refractivity (Wildman–Crippen MR) is 103 cm³/mol. The number of pyridine rings is 1. The topological polar surface area (TPSA) is 121 Å². The van der Waals surface area contributed by atoms with Crippen LogP contribution in [-0.2, 0) is 14.6 Å². The minimum Gasteiger partial charge on any atom is -0.490 e. The summed E-state index contributed by atoms with van der Waals surface area (Å²) in [6.07, 6.45) is 1.96. The molecule has 1 aliphatic rings. The first-order valence-corrected chi connectivity index (χ1v) is 9.73. The van der Waals surface area contributed by atoms with E-state index in [0.29, 0.717) is 36.2 Å². The summed E-state index contributed by atoms with van der Waals surface area (Å²) in [5.74, 6) is 0.520. The lowest BCUT2D eigenvalue weighted by atomic mass is 10.3. The molecule has 0 radical (unpaired) electrons. The number of sulfone groups is 1. The zero-order chi connectivity index (χ0) is 18.6. The second-order valence-electron chi connectivity index (χ2n) is 5.75. The van der Waals surface area contributed by atoms with Crippen LogP contribution in [-0.4, -0.2) is 38.3 Å². The fourth-order valence-electron chi connectivity index (χ4n) is 2.38. The van der Waals surface area contributed by atoms with E-state index >= 15 is 0 Å². The molecule has 0 aliphatic carbocycles. The van der Waals surface area contributed by atoms with Crippen molar-refractivity contribution in [2.24, 2.45) is 0 Å². The molecular weight excluding hydrogens is 394 g/mol. The van der Waals surface area contributed by atoms with Gasteiger partial charge in [-0.2, -0.15) is 0 Å². The lowest BCUT2D eigenvalue weighted by Crippen LogP contribution is -2.17. The summed E-state index contributed by atoms with van der Waals surface area (Å²) in [6.45, 7) is 0.994. The van der Waals surface area contributed by atoms with Crippen molar-refractivity contribution in [2.45, 2.75) is 17.7 Å². The molecule has 8 nitrogen and oxygen atoms in total. The smallest absolute Gasteiger partial charge is 0.225 e. The van der Waals surface area contributed by atoms with Gasteiger partial charge < -0.3 is 20.5 Å². The number of nitrogen functional groups attached to an aromatic ring is 1. The SMILES string of the molecule is Cl.Nc1ccc(NC(=O)CCS(=O)(=O)c2ccc3c(c2)OCCCO3)cn1. The van der Waals surface area contributed by atoms with Gasteiger partial charge in [-0.15, -0.1) is 12.4 Å². The third kappa shape index (κ3) is 5.48. The number of nitrogens with zero attached hydrogens (tertiary/aromatic N) is 1. The van der Waals surface area contributed by atoms with Crippen molar-refractivity contribution < 1.29 is 22.7 Å². The quantitative estimate of drug-likeness (QED) is 0.769. The Bertz CT molecular complexity index is 903. The number of rotatable bonds is 5. The van der Waals surface area contributed by atoms with Crippen LogP contribution in [0.3, 0.4) is 0 Å². The van der Waals surface area contributed by atoms with Crippen LogP contribution in [0, 0.1) is 0 Å². The maximum atomic E-state index is 12.5. The molecule has 2 heterocycles. The van der Waals surface area contributed by atoms with Crippen LogP contribution in [0.25, 0.3) is 0 Å². The molecule has 0 unspecified atom stereocenters. The molecule has 0 spiro atoms.